The van der Waals surface area contributed by atoms with Gasteiger partial charge in [-0.1, -0.05) is 40.2 Å². The van der Waals surface area contributed by atoms with Crippen LogP contribution in [-0.2, 0) is 16.9 Å². The lowest BCUT2D eigenvalue weighted by molar-refractivity contribution is -0.384. The lowest BCUT2D eigenvalue weighted by Crippen LogP contribution is -2.40. The predicted octanol–water partition coefficient (Wildman–Crippen LogP) is 3.32. The number of nitro benzene ring substituents is 1. The monoisotopic (exact) mass is 403 g/mol. The molecule has 1 heterocycles. The zero-order valence-electron chi connectivity index (χ0n) is 13.2. The Morgan fingerprint density at radius 3 is 2.60 bits per heavy atom. The van der Waals surface area contributed by atoms with Crippen molar-refractivity contribution >= 4 is 33.6 Å². The molecule has 3 rings (SSSR count). The van der Waals surface area contributed by atoms with E-state index in [0.29, 0.717) is 11.1 Å². The Balaban J connectivity index is 1.89. The van der Waals surface area contributed by atoms with E-state index in [1.54, 1.807) is 31.2 Å². The molecule has 0 aromatic heterocycles. The highest BCUT2D eigenvalue weighted by atomic mass is 79.9. The lowest BCUT2D eigenvalue weighted by Gasteiger charge is -2.22. The van der Waals surface area contributed by atoms with Crippen LogP contribution in [0.5, 0.6) is 0 Å². The van der Waals surface area contributed by atoms with Crippen molar-refractivity contribution in [1.82, 2.24) is 10.2 Å². The predicted molar refractivity (Wildman–Crippen MR) is 93.7 cm³/mol. The zero-order chi connectivity index (χ0) is 18.2. The molecule has 1 aliphatic heterocycles. The standard InChI is InChI=1S/C17H14BrN3O4/c1-17(12-5-3-6-13(18)9-12)15(22)20(16(23)19-17)10-11-4-2-7-14(8-11)21(24)25/h2-9H,10H2,1H3,(H,19,23). The number of non-ortho nitro benzene ring substituents is 1. The Labute approximate surface area is 151 Å². The highest BCUT2D eigenvalue weighted by Crippen LogP contribution is 2.31. The van der Waals surface area contributed by atoms with E-state index in [1.807, 2.05) is 6.07 Å². The topological polar surface area (TPSA) is 92.6 Å². The molecular formula is C17H14BrN3O4. The van der Waals surface area contributed by atoms with Gasteiger partial charge < -0.3 is 5.32 Å². The van der Waals surface area contributed by atoms with E-state index in [4.69, 9.17) is 0 Å². The number of nitrogens with zero attached hydrogens (tertiary/aromatic N) is 2. The second-order valence-corrected chi connectivity index (χ2v) is 6.80. The molecule has 0 saturated carbocycles. The van der Waals surface area contributed by atoms with Gasteiger partial charge in [-0.2, -0.15) is 0 Å². The number of halogens is 1. The van der Waals surface area contributed by atoms with Crippen molar-refractivity contribution in [2.45, 2.75) is 19.0 Å². The first-order chi connectivity index (χ1) is 11.8. The van der Waals surface area contributed by atoms with Gasteiger partial charge in [-0.15, -0.1) is 0 Å². The molecule has 1 fully saturated rings. The summed E-state index contributed by atoms with van der Waals surface area (Å²) in [5.74, 6) is -0.401. The maximum Gasteiger partial charge on any atom is 0.325 e. The molecular weight excluding hydrogens is 390 g/mol. The van der Waals surface area contributed by atoms with Gasteiger partial charge in [-0.05, 0) is 30.2 Å². The summed E-state index contributed by atoms with van der Waals surface area (Å²) in [6, 6.07) is 12.5. The van der Waals surface area contributed by atoms with E-state index in [2.05, 4.69) is 21.2 Å². The molecule has 8 heteroatoms. The van der Waals surface area contributed by atoms with Crippen LogP contribution < -0.4 is 5.32 Å². The van der Waals surface area contributed by atoms with E-state index in [9.17, 15) is 19.7 Å². The van der Waals surface area contributed by atoms with E-state index in [0.717, 1.165) is 9.37 Å². The van der Waals surface area contributed by atoms with Crippen molar-refractivity contribution in [3.05, 3.63) is 74.2 Å². The van der Waals surface area contributed by atoms with Crippen LogP contribution in [0.1, 0.15) is 18.1 Å². The number of carbonyl (C=O) groups excluding carboxylic acids is 2. The smallest absolute Gasteiger partial charge is 0.319 e. The number of benzene rings is 2. The van der Waals surface area contributed by atoms with Gasteiger partial charge in [0.25, 0.3) is 11.6 Å². The van der Waals surface area contributed by atoms with Crippen molar-refractivity contribution in [2.75, 3.05) is 0 Å². The maximum absolute atomic E-state index is 12.9. The first-order valence-electron chi connectivity index (χ1n) is 7.45. The van der Waals surface area contributed by atoms with Crippen LogP contribution in [-0.4, -0.2) is 21.8 Å². The molecule has 1 unspecified atom stereocenters. The Morgan fingerprint density at radius 2 is 1.92 bits per heavy atom. The molecule has 0 spiro atoms. The summed E-state index contributed by atoms with van der Waals surface area (Å²) in [6.45, 7) is 1.61. The molecule has 25 heavy (non-hydrogen) atoms. The van der Waals surface area contributed by atoms with E-state index < -0.39 is 22.4 Å². The molecule has 0 bridgehead atoms. The van der Waals surface area contributed by atoms with E-state index in [-0.39, 0.29) is 12.2 Å². The highest BCUT2D eigenvalue weighted by molar-refractivity contribution is 9.10. The second-order valence-electron chi connectivity index (χ2n) is 5.88. The quantitative estimate of drug-likeness (QED) is 0.481. The third kappa shape index (κ3) is 3.12. The van der Waals surface area contributed by atoms with Gasteiger partial charge in [-0.25, -0.2) is 4.79 Å². The molecule has 3 amide bonds. The summed E-state index contributed by atoms with van der Waals surface area (Å²) in [5.41, 5.74) is -0.0982. The normalized spacial score (nSPS) is 19.8. The highest BCUT2D eigenvalue weighted by Gasteiger charge is 2.48. The van der Waals surface area contributed by atoms with Gasteiger partial charge in [0.2, 0.25) is 0 Å². The van der Waals surface area contributed by atoms with Gasteiger partial charge in [0.15, 0.2) is 0 Å². The number of urea groups is 1. The van der Waals surface area contributed by atoms with Gasteiger partial charge in [0.05, 0.1) is 11.5 Å². The van der Waals surface area contributed by atoms with Crippen LogP contribution in [0.2, 0.25) is 0 Å². The number of nitro groups is 1. The maximum atomic E-state index is 12.9. The second kappa shape index (κ2) is 6.29. The van der Waals surface area contributed by atoms with Gasteiger partial charge in [0.1, 0.15) is 5.54 Å². The first-order valence-corrected chi connectivity index (χ1v) is 8.24. The van der Waals surface area contributed by atoms with Crippen LogP contribution in [0.25, 0.3) is 0 Å². The molecule has 0 aliphatic carbocycles. The lowest BCUT2D eigenvalue weighted by atomic mass is 9.92. The SMILES string of the molecule is CC1(c2cccc(Br)c2)NC(=O)N(Cc2cccc([N+](=O)[O-])c2)C1=O. The van der Waals surface area contributed by atoms with Crippen LogP contribution in [0.15, 0.2) is 53.0 Å². The van der Waals surface area contributed by atoms with Crippen LogP contribution in [0.4, 0.5) is 10.5 Å². The summed E-state index contributed by atoms with van der Waals surface area (Å²) in [5, 5.41) is 13.6. The molecule has 0 radical (unpaired) electrons. The van der Waals surface area contributed by atoms with Crippen LogP contribution in [0, 0.1) is 10.1 Å². The minimum Gasteiger partial charge on any atom is -0.319 e. The van der Waals surface area contributed by atoms with Gasteiger partial charge in [0, 0.05) is 16.6 Å². The number of hydrogen-bond acceptors (Lipinski definition) is 4. The molecule has 1 saturated heterocycles. The number of carbonyl (C=O) groups is 2. The number of hydrogen-bond donors (Lipinski definition) is 1. The largest absolute Gasteiger partial charge is 0.325 e. The summed E-state index contributed by atoms with van der Waals surface area (Å²) in [4.78, 5) is 36.6. The Kier molecular flexibility index (Phi) is 4.30. The number of nitrogens with one attached hydrogen (secondary N) is 1. The number of amides is 3. The summed E-state index contributed by atoms with van der Waals surface area (Å²) < 4.78 is 0.797. The Morgan fingerprint density at radius 1 is 1.20 bits per heavy atom. The Hall–Kier alpha value is -2.74. The number of imide groups is 1. The van der Waals surface area contributed by atoms with E-state index >= 15 is 0 Å². The third-order valence-corrected chi connectivity index (χ3v) is 4.63. The minimum absolute atomic E-state index is 0.0318. The van der Waals surface area contributed by atoms with Gasteiger partial charge >= 0.3 is 6.03 Å². The third-order valence-electron chi connectivity index (χ3n) is 4.14. The first kappa shape index (κ1) is 17.1. The van der Waals surface area contributed by atoms with Crippen molar-refractivity contribution in [3.63, 3.8) is 0 Å². The Bertz CT molecular complexity index is 886. The van der Waals surface area contributed by atoms with Crippen molar-refractivity contribution < 1.29 is 14.5 Å². The zero-order valence-corrected chi connectivity index (χ0v) is 14.8. The van der Waals surface area contributed by atoms with Crippen molar-refractivity contribution in [2.24, 2.45) is 0 Å². The summed E-state index contributed by atoms with van der Waals surface area (Å²) in [7, 11) is 0. The fourth-order valence-corrected chi connectivity index (χ4v) is 3.19. The average Bonchev–Trinajstić information content (AvgIpc) is 2.79. The van der Waals surface area contributed by atoms with Crippen molar-refractivity contribution in [3.8, 4) is 0 Å². The molecule has 2 aromatic carbocycles. The van der Waals surface area contributed by atoms with Crippen molar-refractivity contribution in [1.29, 1.82) is 0 Å². The van der Waals surface area contributed by atoms with E-state index in [1.165, 1.54) is 18.2 Å². The summed E-state index contributed by atoms with van der Waals surface area (Å²) in [6.07, 6.45) is 0. The fraction of sp³-hybridized carbons (Fsp3) is 0.176. The molecule has 1 atom stereocenters. The van der Waals surface area contributed by atoms with Crippen LogP contribution in [0.3, 0.4) is 0 Å². The molecule has 1 aliphatic rings. The molecule has 128 valence electrons. The molecule has 7 nitrogen and oxygen atoms in total. The molecule has 2 aromatic rings. The van der Waals surface area contributed by atoms with Crippen LogP contribution >= 0.6 is 15.9 Å². The minimum atomic E-state index is -1.18. The fourth-order valence-electron chi connectivity index (χ4n) is 2.79. The van der Waals surface area contributed by atoms with Gasteiger partial charge in [-0.3, -0.25) is 19.8 Å². The molecule has 1 N–H and O–H groups in total. The number of rotatable bonds is 4. The average molecular weight is 404 g/mol. The summed E-state index contributed by atoms with van der Waals surface area (Å²) >= 11 is 3.36.